The van der Waals surface area contributed by atoms with E-state index >= 15 is 0 Å². The van der Waals surface area contributed by atoms with Crippen molar-refractivity contribution >= 4 is 17.7 Å². The third kappa shape index (κ3) is 4.62. The molecule has 0 amide bonds. The molecule has 7 heteroatoms. The average molecular weight is 310 g/mol. The monoisotopic (exact) mass is 310 g/mol. The topological polar surface area (TPSA) is 67.1 Å². The Balaban J connectivity index is 1.92. The van der Waals surface area contributed by atoms with Gasteiger partial charge in [0.05, 0.1) is 0 Å². The number of thioether (sulfide) groups is 1. The van der Waals surface area contributed by atoms with Crippen molar-refractivity contribution in [3.05, 3.63) is 12.2 Å². The standard InChI is InChI=1S/C14H26N6S/c1-4-15-13(17-10-14(3)7-6-8-21-14)16-9-12-19-18-11-20(12)5-2/h11H,4-10H2,1-3H3,(H2,15,16,17). The first-order valence-corrected chi connectivity index (χ1v) is 8.68. The molecule has 1 unspecified atom stereocenters. The molecule has 0 spiro atoms. The molecule has 2 N–H and O–H groups in total. The van der Waals surface area contributed by atoms with E-state index in [2.05, 4.69) is 58.4 Å². The first kappa shape index (κ1) is 16.1. The first-order chi connectivity index (χ1) is 10.2. The number of aliphatic imine (C=N–C) groups is 1. The normalized spacial score (nSPS) is 22.5. The van der Waals surface area contributed by atoms with Crippen LogP contribution in [-0.4, -0.2) is 44.3 Å². The summed E-state index contributed by atoms with van der Waals surface area (Å²) in [7, 11) is 0. The maximum Gasteiger partial charge on any atom is 0.191 e. The molecule has 1 aromatic heterocycles. The van der Waals surface area contributed by atoms with Crippen molar-refractivity contribution < 1.29 is 0 Å². The second-order valence-corrected chi connectivity index (χ2v) is 7.17. The fraction of sp³-hybridized carbons (Fsp3) is 0.786. The molecule has 1 atom stereocenters. The molecule has 118 valence electrons. The maximum absolute atomic E-state index is 4.62. The molecule has 1 aliphatic rings. The van der Waals surface area contributed by atoms with Crippen LogP contribution < -0.4 is 10.6 Å². The van der Waals surface area contributed by atoms with Crippen molar-refractivity contribution in [1.29, 1.82) is 0 Å². The van der Waals surface area contributed by atoms with Gasteiger partial charge in [-0.15, -0.1) is 10.2 Å². The number of aromatic nitrogens is 3. The lowest BCUT2D eigenvalue weighted by molar-refractivity contribution is 0.584. The van der Waals surface area contributed by atoms with E-state index in [0.29, 0.717) is 11.3 Å². The smallest absolute Gasteiger partial charge is 0.191 e. The van der Waals surface area contributed by atoms with Crippen molar-refractivity contribution in [3.8, 4) is 0 Å². The SMILES string of the molecule is CCNC(=NCc1nncn1CC)NCC1(C)CCCS1. The third-order valence-corrected chi connectivity index (χ3v) is 5.23. The Morgan fingerprint density at radius 1 is 1.48 bits per heavy atom. The van der Waals surface area contributed by atoms with Crippen LogP contribution in [-0.2, 0) is 13.1 Å². The molecular weight excluding hydrogens is 284 g/mol. The summed E-state index contributed by atoms with van der Waals surface area (Å²) in [5, 5.41) is 14.8. The van der Waals surface area contributed by atoms with Crippen LogP contribution in [0.5, 0.6) is 0 Å². The lowest BCUT2D eigenvalue weighted by Gasteiger charge is -2.24. The molecule has 0 aromatic carbocycles. The highest BCUT2D eigenvalue weighted by Crippen LogP contribution is 2.36. The molecule has 2 heterocycles. The lowest BCUT2D eigenvalue weighted by atomic mass is 10.1. The lowest BCUT2D eigenvalue weighted by Crippen LogP contribution is -2.43. The van der Waals surface area contributed by atoms with E-state index < -0.39 is 0 Å². The maximum atomic E-state index is 4.62. The molecule has 1 aliphatic heterocycles. The van der Waals surface area contributed by atoms with Crippen molar-refractivity contribution in [2.75, 3.05) is 18.8 Å². The van der Waals surface area contributed by atoms with Crippen LogP contribution in [0.25, 0.3) is 0 Å². The van der Waals surface area contributed by atoms with Crippen LogP contribution in [0.15, 0.2) is 11.3 Å². The van der Waals surface area contributed by atoms with Crippen LogP contribution in [0.1, 0.15) is 39.4 Å². The second-order valence-electron chi connectivity index (χ2n) is 5.48. The van der Waals surface area contributed by atoms with Gasteiger partial charge in [-0.3, -0.25) is 0 Å². The van der Waals surface area contributed by atoms with Crippen molar-refractivity contribution in [2.45, 2.75) is 51.4 Å². The Hall–Kier alpha value is -1.24. The van der Waals surface area contributed by atoms with Crippen molar-refractivity contribution in [3.63, 3.8) is 0 Å². The Kier molecular flexibility index (Phi) is 5.90. The second kappa shape index (κ2) is 7.68. The van der Waals surface area contributed by atoms with E-state index in [1.807, 2.05) is 4.57 Å². The minimum absolute atomic E-state index is 0.333. The molecule has 21 heavy (non-hydrogen) atoms. The number of aryl methyl sites for hydroxylation is 1. The van der Waals surface area contributed by atoms with Crippen LogP contribution in [0, 0.1) is 0 Å². The number of rotatable bonds is 6. The predicted molar refractivity (Wildman–Crippen MR) is 88.6 cm³/mol. The van der Waals surface area contributed by atoms with Gasteiger partial charge < -0.3 is 15.2 Å². The van der Waals surface area contributed by atoms with Gasteiger partial charge in [0.1, 0.15) is 12.9 Å². The first-order valence-electron chi connectivity index (χ1n) is 7.69. The molecule has 1 saturated heterocycles. The molecule has 1 fully saturated rings. The summed E-state index contributed by atoms with van der Waals surface area (Å²) in [6.45, 7) is 9.72. The summed E-state index contributed by atoms with van der Waals surface area (Å²) in [6, 6.07) is 0. The summed E-state index contributed by atoms with van der Waals surface area (Å²) in [5.74, 6) is 3.03. The largest absolute Gasteiger partial charge is 0.357 e. The van der Waals surface area contributed by atoms with E-state index in [1.165, 1.54) is 18.6 Å². The number of nitrogens with zero attached hydrogens (tertiary/aromatic N) is 4. The van der Waals surface area contributed by atoms with E-state index in [-0.39, 0.29) is 0 Å². The quantitative estimate of drug-likeness (QED) is 0.617. The highest BCUT2D eigenvalue weighted by molar-refractivity contribution is 8.00. The molecule has 2 rings (SSSR count). The number of hydrogen-bond acceptors (Lipinski definition) is 4. The summed E-state index contributed by atoms with van der Waals surface area (Å²) in [6.07, 6.45) is 4.34. The van der Waals surface area contributed by atoms with E-state index in [4.69, 9.17) is 0 Å². The number of nitrogens with one attached hydrogen (secondary N) is 2. The average Bonchev–Trinajstić information content (AvgIpc) is 3.11. The third-order valence-electron chi connectivity index (χ3n) is 3.69. The molecule has 0 saturated carbocycles. The van der Waals surface area contributed by atoms with Crippen LogP contribution in [0.2, 0.25) is 0 Å². The van der Waals surface area contributed by atoms with Gasteiger partial charge in [0.2, 0.25) is 0 Å². The molecule has 0 radical (unpaired) electrons. The van der Waals surface area contributed by atoms with Crippen LogP contribution in [0.3, 0.4) is 0 Å². The summed E-state index contributed by atoms with van der Waals surface area (Å²) in [5.41, 5.74) is 0. The van der Waals surface area contributed by atoms with E-state index in [1.54, 1.807) is 6.33 Å². The highest BCUT2D eigenvalue weighted by atomic mass is 32.2. The summed E-state index contributed by atoms with van der Waals surface area (Å²) < 4.78 is 2.35. The van der Waals surface area contributed by atoms with E-state index in [9.17, 15) is 0 Å². The number of hydrogen-bond donors (Lipinski definition) is 2. The van der Waals surface area contributed by atoms with Crippen LogP contribution >= 0.6 is 11.8 Å². The van der Waals surface area contributed by atoms with Gasteiger partial charge in [-0.2, -0.15) is 11.8 Å². The Bertz CT molecular complexity index is 464. The van der Waals surface area contributed by atoms with Crippen LogP contribution in [0.4, 0.5) is 0 Å². The van der Waals surface area contributed by atoms with Gasteiger partial charge in [0, 0.05) is 24.4 Å². The molecule has 6 nitrogen and oxygen atoms in total. The van der Waals surface area contributed by atoms with E-state index in [0.717, 1.165) is 31.4 Å². The molecule has 1 aromatic rings. The summed E-state index contributed by atoms with van der Waals surface area (Å²) in [4.78, 5) is 4.62. The van der Waals surface area contributed by atoms with Gasteiger partial charge in [0.25, 0.3) is 0 Å². The number of guanidine groups is 1. The zero-order valence-corrected chi connectivity index (χ0v) is 14.0. The highest BCUT2D eigenvalue weighted by Gasteiger charge is 2.29. The Morgan fingerprint density at radius 3 is 3.00 bits per heavy atom. The minimum Gasteiger partial charge on any atom is -0.357 e. The minimum atomic E-state index is 0.333. The molecule has 0 bridgehead atoms. The van der Waals surface area contributed by atoms with Gasteiger partial charge in [-0.25, -0.2) is 4.99 Å². The predicted octanol–water partition coefficient (Wildman–Crippen LogP) is 1.64. The summed E-state index contributed by atoms with van der Waals surface area (Å²) >= 11 is 2.05. The zero-order valence-electron chi connectivity index (χ0n) is 13.2. The Labute approximate surface area is 131 Å². The van der Waals surface area contributed by atoms with Gasteiger partial charge in [-0.1, -0.05) is 0 Å². The van der Waals surface area contributed by atoms with Gasteiger partial charge in [-0.05, 0) is 39.4 Å². The van der Waals surface area contributed by atoms with Gasteiger partial charge >= 0.3 is 0 Å². The zero-order chi connectivity index (χ0) is 15.1. The fourth-order valence-corrected chi connectivity index (χ4v) is 3.65. The molecular formula is C14H26N6S. The van der Waals surface area contributed by atoms with Gasteiger partial charge in [0.15, 0.2) is 11.8 Å². The fourth-order valence-electron chi connectivity index (χ4n) is 2.40. The van der Waals surface area contributed by atoms with Crippen molar-refractivity contribution in [2.24, 2.45) is 4.99 Å². The van der Waals surface area contributed by atoms with Crippen molar-refractivity contribution in [1.82, 2.24) is 25.4 Å². The molecule has 0 aliphatic carbocycles. The Morgan fingerprint density at radius 2 is 2.33 bits per heavy atom.